The van der Waals surface area contributed by atoms with Gasteiger partial charge >= 0.3 is 5.97 Å². The molecule has 0 radical (unpaired) electrons. The molecule has 21 heavy (non-hydrogen) atoms. The summed E-state index contributed by atoms with van der Waals surface area (Å²) in [5.41, 5.74) is 3.36. The molecule has 7 heteroatoms. The number of thiocarbonyl (C=S) groups is 1. The summed E-state index contributed by atoms with van der Waals surface area (Å²) in [7, 11) is 0. The fourth-order valence-corrected chi connectivity index (χ4v) is 1.74. The van der Waals surface area contributed by atoms with Crippen molar-refractivity contribution in [3.05, 3.63) is 53.5 Å². The number of nitrogens with zero attached hydrogens (tertiary/aromatic N) is 1. The van der Waals surface area contributed by atoms with Gasteiger partial charge in [-0.25, -0.2) is 4.79 Å². The van der Waals surface area contributed by atoms with Gasteiger partial charge in [-0.1, -0.05) is 6.07 Å². The highest BCUT2D eigenvalue weighted by Gasteiger charge is 2.03. The second-order valence-electron chi connectivity index (χ2n) is 4.16. The van der Waals surface area contributed by atoms with Gasteiger partial charge in [0.05, 0.1) is 11.8 Å². The van der Waals surface area contributed by atoms with Crippen molar-refractivity contribution in [3.8, 4) is 0 Å². The molecule has 3 N–H and O–H groups in total. The van der Waals surface area contributed by atoms with Gasteiger partial charge in [-0.15, -0.1) is 0 Å². The van der Waals surface area contributed by atoms with Crippen molar-refractivity contribution in [2.24, 2.45) is 5.10 Å². The van der Waals surface area contributed by atoms with Gasteiger partial charge in [-0.3, -0.25) is 5.43 Å². The average Bonchev–Trinajstić information content (AvgIpc) is 2.84. The van der Waals surface area contributed by atoms with E-state index < -0.39 is 5.97 Å². The summed E-state index contributed by atoms with van der Waals surface area (Å²) in [6.07, 6.45) is 1.49. The Kier molecular flexibility index (Phi) is 4.68. The summed E-state index contributed by atoms with van der Waals surface area (Å²) in [4.78, 5) is 10.9. The first-order chi connectivity index (χ1) is 10.0. The van der Waals surface area contributed by atoms with E-state index in [0.717, 1.165) is 5.76 Å². The fourth-order valence-electron chi connectivity index (χ4n) is 1.57. The lowest BCUT2D eigenvalue weighted by Crippen LogP contribution is -2.23. The Morgan fingerprint density at radius 2 is 2.19 bits per heavy atom. The molecule has 0 atom stereocenters. The van der Waals surface area contributed by atoms with E-state index in [1.165, 1.54) is 18.3 Å². The highest BCUT2D eigenvalue weighted by atomic mass is 32.1. The van der Waals surface area contributed by atoms with Gasteiger partial charge in [0.25, 0.3) is 0 Å². The highest BCUT2D eigenvalue weighted by Crippen LogP contribution is 2.10. The molecule has 0 saturated carbocycles. The molecule has 2 aromatic rings. The number of hydrogen-bond acceptors (Lipinski definition) is 4. The average molecular weight is 303 g/mol. The highest BCUT2D eigenvalue weighted by molar-refractivity contribution is 7.80. The Labute approximate surface area is 126 Å². The first-order valence-electron chi connectivity index (χ1n) is 6.04. The van der Waals surface area contributed by atoms with Gasteiger partial charge in [0.15, 0.2) is 5.11 Å². The maximum Gasteiger partial charge on any atom is 0.335 e. The molecule has 6 nitrogen and oxygen atoms in total. The van der Waals surface area contributed by atoms with Crippen molar-refractivity contribution in [3.63, 3.8) is 0 Å². The molecule has 1 aromatic heterocycles. The summed E-state index contributed by atoms with van der Waals surface area (Å²) < 4.78 is 5.31. The minimum absolute atomic E-state index is 0.178. The van der Waals surface area contributed by atoms with E-state index >= 15 is 0 Å². The number of benzene rings is 1. The number of hydrazone groups is 1. The molecule has 0 amide bonds. The maximum atomic E-state index is 10.9. The van der Waals surface area contributed by atoms with Crippen LogP contribution in [0.1, 0.15) is 21.9 Å². The monoisotopic (exact) mass is 303 g/mol. The molecule has 1 aromatic carbocycles. The van der Waals surface area contributed by atoms with E-state index in [0.29, 0.717) is 11.4 Å². The molecule has 0 bridgehead atoms. The lowest BCUT2D eigenvalue weighted by Gasteiger charge is -2.07. The van der Waals surface area contributed by atoms with Crippen LogP contribution in [0, 0.1) is 6.92 Å². The lowest BCUT2D eigenvalue weighted by atomic mass is 10.2. The number of furan rings is 1. The van der Waals surface area contributed by atoms with Crippen LogP contribution in [0.2, 0.25) is 0 Å². The molecule has 2 rings (SSSR count). The van der Waals surface area contributed by atoms with Crippen molar-refractivity contribution in [2.45, 2.75) is 6.92 Å². The largest absolute Gasteiger partial charge is 0.478 e. The third kappa shape index (κ3) is 4.43. The number of hydrogen-bond donors (Lipinski definition) is 3. The number of carboxylic acids is 1. The van der Waals surface area contributed by atoms with Crippen molar-refractivity contribution < 1.29 is 14.3 Å². The fraction of sp³-hybridized carbons (Fsp3) is 0.0714. The van der Waals surface area contributed by atoms with Crippen LogP contribution in [0.15, 0.2) is 45.9 Å². The Balaban J connectivity index is 1.91. The molecular formula is C14H13N3O3S. The second kappa shape index (κ2) is 6.67. The molecule has 108 valence electrons. The zero-order chi connectivity index (χ0) is 15.2. The van der Waals surface area contributed by atoms with E-state index in [2.05, 4.69) is 15.8 Å². The van der Waals surface area contributed by atoms with Gasteiger partial charge in [0.2, 0.25) is 0 Å². The van der Waals surface area contributed by atoms with Crippen molar-refractivity contribution in [2.75, 3.05) is 5.32 Å². The Morgan fingerprint density at radius 1 is 1.38 bits per heavy atom. The maximum absolute atomic E-state index is 10.9. The van der Waals surface area contributed by atoms with Crippen molar-refractivity contribution >= 4 is 35.2 Å². The van der Waals surface area contributed by atoms with Crippen LogP contribution in [0.4, 0.5) is 5.69 Å². The van der Waals surface area contributed by atoms with Crippen LogP contribution >= 0.6 is 12.2 Å². The van der Waals surface area contributed by atoms with Crippen LogP contribution in [-0.4, -0.2) is 22.4 Å². The summed E-state index contributed by atoms with van der Waals surface area (Å²) in [5.74, 6) is 0.405. The molecule has 0 aliphatic rings. The van der Waals surface area contributed by atoms with E-state index in [-0.39, 0.29) is 10.7 Å². The van der Waals surface area contributed by atoms with E-state index in [9.17, 15) is 4.79 Å². The molecular weight excluding hydrogens is 290 g/mol. The van der Waals surface area contributed by atoms with Crippen LogP contribution in [0.5, 0.6) is 0 Å². The molecule has 1 heterocycles. The summed E-state index contributed by atoms with van der Waals surface area (Å²) in [5, 5.41) is 15.9. The lowest BCUT2D eigenvalue weighted by molar-refractivity contribution is 0.0697. The third-order valence-electron chi connectivity index (χ3n) is 2.49. The molecule has 0 saturated heterocycles. The number of carboxylic acid groups (broad SMARTS) is 1. The topological polar surface area (TPSA) is 86.9 Å². The molecule has 0 spiro atoms. The number of rotatable bonds is 4. The first-order valence-corrected chi connectivity index (χ1v) is 6.45. The van der Waals surface area contributed by atoms with Crippen LogP contribution in [0.3, 0.4) is 0 Å². The predicted molar refractivity (Wildman–Crippen MR) is 83.8 cm³/mol. The molecule has 0 unspecified atom stereocenters. The predicted octanol–water partition coefficient (Wildman–Crippen LogP) is 2.61. The number of carbonyl (C=O) groups is 1. The number of aryl methyl sites for hydroxylation is 1. The normalized spacial score (nSPS) is 10.5. The van der Waals surface area contributed by atoms with E-state index in [4.69, 9.17) is 21.7 Å². The summed E-state index contributed by atoms with van der Waals surface area (Å²) in [6, 6.07) is 9.93. The minimum Gasteiger partial charge on any atom is -0.478 e. The SMILES string of the molecule is Cc1ccc(C=NNC(=S)Nc2cccc(C(=O)O)c2)o1. The zero-order valence-corrected chi connectivity index (χ0v) is 12.0. The molecule has 0 fully saturated rings. The first kappa shape index (κ1) is 14.7. The minimum atomic E-state index is -0.997. The Hall–Kier alpha value is -2.67. The van der Waals surface area contributed by atoms with E-state index in [1.807, 2.05) is 13.0 Å². The quantitative estimate of drug-likeness (QED) is 0.457. The number of nitrogens with one attached hydrogen (secondary N) is 2. The Bertz CT molecular complexity index is 694. The number of aromatic carboxylic acids is 1. The van der Waals surface area contributed by atoms with Crippen LogP contribution in [-0.2, 0) is 0 Å². The van der Waals surface area contributed by atoms with Crippen molar-refractivity contribution in [1.29, 1.82) is 0 Å². The van der Waals surface area contributed by atoms with E-state index in [1.54, 1.807) is 18.2 Å². The Morgan fingerprint density at radius 3 is 2.86 bits per heavy atom. The van der Waals surface area contributed by atoms with Gasteiger partial charge in [-0.05, 0) is 49.5 Å². The number of anilines is 1. The van der Waals surface area contributed by atoms with Gasteiger partial charge in [-0.2, -0.15) is 5.10 Å². The van der Waals surface area contributed by atoms with Gasteiger partial charge in [0.1, 0.15) is 11.5 Å². The standard InChI is InChI=1S/C14H13N3O3S/c1-9-5-6-12(20-9)8-15-17-14(21)16-11-4-2-3-10(7-11)13(18)19/h2-8H,1H3,(H,18,19)(H2,16,17,21). The van der Waals surface area contributed by atoms with Gasteiger partial charge in [0, 0.05) is 5.69 Å². The van der Waals surface area contributed by atoms with Gasteiger partial charge < -0.3 is 14.8 Å². The molecule has 0 aliphatic carbocycles. The zero-order valence-electron chi connectivity index (χ0n) is 11.2. The van der Waals surface area contributed by atoms with Crippen molar-refractivity contribution in [1.82, 2.24) is 5.43 Å². The second-order valence-corrected chi connectivity index (χ2v) is 4.57. The van der Waals surface area contributed by atoms with Crippen LogP contribution in [0.25, 0.3) is 0 Å². The molecule has 0 aliphatic heterocycles. The smallest absolute Gasteiger partial charge is 0.335 e. The van der Waals surface area contributed by atoms with Crippen LogP contribution < -0.4 is 10.7 Å². The summed E-state index contributed by atoms with van der Waals surface area (Å²) in [6.45, 7) is 1.84. The summed E-state index contributed by atoms with van der Waals surface area (Å²) >= 11 is 5.05. The third-order valence-corrected chi connectivity index (χ3v) is 2.68.